The van der Waals surface area contributed by atoms with E-state index in [4.69, 9.17) is 32.5 Å². The number of aliphatic carboxylic acids is 1. The standard InChI is InChI=1S/C48H80N18O27/c1-17(56-42(86)22(5-29(50)75)62-44(88)26(14-70)59-31(77)7-52-39(83)21(49)11-67)37(81)65-35(19(3)73)46(90)55-10-33(79)58-24(12-68)40(84)53-8-32(78)60-27(15-71)45(89)63-23(6-30(51)76)43(87)57-18(2)38(82)66-36(20(4)74)47(91)64-25(13-69)41(85)54-9-34(80)61-28(16-72)48(92)93/h17-28,35-36,67-74H,5-16,49H2,1-4H3,(H2,50,75)(H2,51,76)(H,52,83)(H,53,84)(H,54,85)(H,55,90)(H,56,86)(H,57,87)(H,58,79)(H,59,77)(H,60,78)(H,61,80)(H,62,88)(H,63,89)(H,64,91)(H,65,81)(H,66,82)(H,92,93)/t17-,18-,19+,20+,21-,22-,23-,24-,25-,26-,27-,28-,35-,36-/m0/s1. The van der Waals surface area contributed by atoms with Crippen LogP contribution in [-0.2, 0) is 86.3 Å². The van der Waals surface area contributed by atoms with Gasteiger partial charge in [0.05, 0.1) is 90.9 Å². The number of rotatable bonds is 43. The van der Waals surface area contributed by atoms with Crippen molar-refractivity contribution in [2.24, 2.45) is 17.2 Å². The first kappa shape index (κ1) is 83.1. The van der Waals surface area contributed by atoms with Crippen molar-refractivity contribution >= 4 is 106 Å². The fourth-order valence-corrected chi connectivity index (χ4v) is 6.94. The van der Waals surface area contributed by atoms with E-state index in [0.29, 0.717) is 0 Å². The van der Waals surface area contributed by atoms with E-state index in [1.165, 1.54) is 0 Å². The van der Waals surface area contributed by atoms with E-state index in [1.54, 1.807) is 0 Å². The van der Waals surface area contributed by atoms with Crippen LogP contribution >= 0.6 is 0 Å². The molecule has 0 spiro atoms. The molecule has 0 unspecified atom stereocenters. The number of carbonyl (C=O) groups is 18. The highest BCUT2D eigenvalue weighted by atomic mass is 16.4. The van der Waals surface area contributed by atoms with Crippen LogP contribution in [0.15, 0.2) is 0 Å². The van der Waals surface area contributed by atoms with Crippen molar-refractivity contribution in [3.63, 3.8) is 0 Å². The van der Waals surface area contributed by atoms with E-state index in [1.807, 2.05) is 53.2 Å². The number of aliphatic hydroxyl groups excluding tert-OH is 8. The third-order valence-electron chi connectivity index (χ3n) is 12.1. The minimum Gasteiger partial charge on any atom is -0.480 e. The number of nitrogens with one attached hydrogen (secondary N) is 15. The van der Waals surface area contributed by atoms with Crippen molar-refractivity contribution in [1.29, 1.82) is 0 Å². The van der Waals surface area contributed by atoms with Crippen molar-refractivity contribution in [1.82, 2.24) is 79.8 Å². The molecule has 0 fully saturated rings. The summed E-state index contributed by atoms with van der Waals surface area (Å²) in [7, 11) is 0. The average Bonchev–Trinajstić information content (AvgIpc) is 1.16. The molecule has 45 nitrogen and oxygen atoms in total. The maximum Gasteiger partial charge on any atom is 0.328 e. The summed E-state index contributed by atoms with van der Waals surface area (Å²) in [5.41, 5.74) is 15.8. The van der Waals surface area contributed by atoms with Crippen LogP contribution in [0.3, 0.4) is 0 Å². The molecule has 0 aromatic rings. The second-order valence-electron chi connectivity index (χ2n) is 19.8. The summed E-state index contributed by atoms with van der Waals surface area (Å²) in [5.74, 6) is -22.2. The smallest absolute Gasteiger partial charge is 0.328 e. The number of hydrogen-bond acceptors (Lipinski definition) is 27. The van der Waals surface area contributed by atoms with Gasteiger partial charge in [0.2, 0.25) is 100 Å². The Kier molecular flexibility index (Phi) is 37.7. The molecular weight excluding hydrogens is 1260 g/mol. The van der Waals surface area contributed by atoms with Gasteiger partial charge in [0.25, 0.3) is 0 Å². The first-order valence-electron chi connectivity index (χ1n) is 27.4. The monoisotopic (exact) mass is 1340 g/mol. The zero-order valence-corrected chi connectivity index (χ0v) is 50.2. The van der Waals surface area contributed by atoms with Crippen molar-refractivity contribution in [2.45, 2.75) is 125 Å². The molecule has 0 bridgehead atoms. The first-order chi connectivity index (χ1) is 43.4. The molecule has 0 heterocycles. The van der Waals surface area contributed by atoms with Crippen LogP contribution in [0.5, 0.6) is 0 Å². The van der Waals surface area contributed by atoms with Gasteiger partial charge >= 0.3 is 5.97 Å². The number of primary amides is 2. The molecule has 0 saturated heterocycles. The Bertz CT molecular complexity index is 2700. The Labute approximate surface area is 525 Å². The first-order valence-corrected chi connectivity index (χ1v) is 27.4. The van der Waals surface area contributed by atoms with Gasteiger partial charge in [-0.1, -0.05) is 0 Å². The minimum absolute atomic E-state index is 0.762. The van der Waals surface area contributed by atoms with Gasteiger partial charge in [-0.05, 0) is 27.7 Å². The average molecular weight is 1340 g/mol. The molecule has 0 aromatic heterocycles. The van der Waals surface area contributed by atoms with Gasteiger partial charge < -0.3 is 143 Å². The molecule has 0 rings (SSSR count). The second-order valence-corrected chi connectivity index (χ2v) is 19.8. The normalized spacial score (nSPS) is 15.3. The van der Waals surface area contributed by atoms with Crippen LogP contribution in [0.2, 0.25) is 0 Å². The second kappa shape index (κ2) is 42.2. The lowest BCUT2D eigenvalue weighted by molar-refractivity contribution is -0.143. The summed E-state index contributed by atoms with van der Waals surface area (Å²) in [6.07, 6.45) is -5.36. The van der Waals surface area contributed by atoms with E-state index in [9.17, 15) is 117 Å². The van der Waals surface area contributed by atoms with Crippen LogP contribution in [0, 0.1) is 0 Å². The van der Waals surface area contributed by atoms with E-state index < -0.39 is 270 Å². The maximum absolute atomic E-state index is 13.3. The van der Waals surface area contributed by atoms with Gasteiger partial charge in [-0.3, -0.25) is 81.5 Å². The van der Waals surface area contributed by atoms with Gasteiger partial charge in [-0.2, -0.15) is 0 Å². The highest BCUT2D eigenvalue weighted by Crippen LogP contribution is 2.03. The largest absolute Gasteiger partial charge is 0.480 e. The Morgan fingerprint density at radius 3 is 0.882 bits per heavy atom. The van der Waals surface area contributed by atoms with E-state index in [2.05, 4.69) is 26.6 Å². The molecule has 14 atom stereocenters. The lowest BCUT2D eigenvalue weighted by atomic mass is 10.1. The zero-order valence-electron chi connectivity index (χ0n) is 50.2. The Morgan fingerprint density at radius 2 is 0.581 bits per heavy atom. The quantitative estimate of drug-likeness (QED) is 0.0270. The SMILES string of the molecule is C[C@H](NC(=O)[C@H](CC(N)=O)NC(=O)[C@H](CO)NC(=O)CNC(=O)[C@@H](N)CO)C(=O)N[C@H](C(=O)NCC(=O)N[C@@H](CO)C(=O)NCC(=O)N[C@@H](CO)C(=O)N[C@@H](CC(N)=O)C(=O)N[C@@H](C)C(=O)N[C@H](C(=O)N[C@@H](CO)C(=O)NCC(=O)N[C@@H](CO)C(=O)O)[C@@H](C)O)[C@@H](C)O. The van der Waals surface area contributed by atoms with Crippen LogP contribution < -0.4 is 97.0 Å². The predicted octanol–water partition coefficient (Wildman–Crippen LogP) is -19.3. The highest BCUT2D eigenvalue weighted by molar-refractivity contribution is 6.01. The molecule has 0 aromatic carbocycles. The molecule has 45 heteroatoms. The van der Waals surface area contributed by atoms with Crippen LogP contribution in [0.25, 0.3) is 0 Å². The third-order valence-corrected chi connectivity index (χ3v) is 12.1. The lowest BCUT2D eigenvalue weighted by Crippen LogP contribution is -2.61. The van der Waals surface area contributed by atoms with Gasteiger partial charge in [0, 0.05) is 0 Å². The Morgan fingerprint density at radius 1 is 0.312 bits per heavy atom. The predicted molar refractivity (Wildman–Crippen MR) is 304 cm³/mol. The fourth-order valence-electron chi connectivity index (χ4n) is 6.94. The number of carbonyl (C=O) groups excluding carboxylic acids is 17. The topological polar surface area (TPSA) is 748 Å². The molecule has 30 N–H and O–H groups in total. The van der Waals surface area contributed by atoms with Crippen LogP contribution in [-0.4, -0.2) is 303 Å². The molecule has 0 radical (unpaired) electrons. The van der Waals surface area contributed by atoms with Crippen molar-refractivity contribution < 1.29 is 132 Å². The molecule has 0 aliphatic carbocycles. The molecule has 93 heavy (non-hydrogen) atoms. The summed E-state index contributed by atoms with van der Waals surface area (Å²) in [5, 5.41) is 117. The Hall–Kier alpha value is -9.90. The van der Waals surface area contributed by atoms with Gasteiger partial charge in [-0.25, -0.2) is 4.79 Å². The lowest BCUT2D eigenvalue weighted by Gasteiger charge is -2.26. The van der Waals surface area contributed by atoms with Crippen LogP contribution in [0.4, 0.5) is 0 Å². The van der Waals surface area contributed by atoms with Gasteiger partial charge in [0.15, 0.2) is 0 Å². The summed E-state index contributed by atoms with van der Waals surface area (Å²) < 4.78 is 0. The van der Waals surface area contributed by atoms with Crippen molar-refractivity contribution in [3.8, 4) is 0 Å². The molecule has 17 amide bonds. The number of nitrogens with two attached hydrogens (primary N) is 3. The van der Waals surface area contributed by atoms with Gasteiger partial charge in [-0.15, -0.1) is 0 Å². The number of aliphatic hydroxyl groups is 8. The minimum atomic E-state index is -1.96. The summed E-state index contributed by atoms with van der Waals surface area (Å²) in [6, 6.07) is -21.5. The Balaban J connectivity index is 5.60. The van der Waals surface area contributed by atoms with E-state index >= 15 is 0 Å². The number of carboxylic acids is 1. The molecule has 524 valence electrons. The number of carboxylic acid groups (broad SMARTS) is 1. The molecular formula is C48H80N18O27. The van der Waals surface area contributed by atoms with Crippen LogP contribution in [0.1, 0.15) is 40.5 Å². The third kappa shape index (κ3) is 31.1. The van der Waals surface area contributed by atoms with E-state index in [-0.39, 0.29) is 0 Å². The molecule has 0 aliphatic rings. The maximum atomic E-state index is 13.3. The fraction of sp³-hybridized carbons (Fsp3) is 0.625. The van der Waals surface area contributed by atoms with E-state index in [0.717, 1.165) is 27.7 Å². The highest BCUT2D eigenvalue weighted by Gasteiger charge is 2.36. The number of hydrogen-bond donors (Lipinski definition) is 27. The summed E-state index contributed by atoms with van der Waals surface area (Å²) in [4.78, 5) is 226. The number of amides is 17. The molecule has 0 aliphatic heterocycles. The van der Waals surface area contributed by atoms with Crippen molar-refractivity contribution in [2.75, 3.05) is 65.8 Å². The zero-order chi connectivity index (χ0) is 71.6. The summed E-state index contributed by atoms with van der Waals surface area (Å²) in [6.45, 7) is -5.98. The molecule has 0 saturated carbocycles. The van der Waals surface area contributed by atoms with Crippen molar-refractivity contribution in [3.05, 3.63) is 0 Å². The summed E-state index contributed by atoms with van der Waals surface area (Å²) >= 11 is 0. The van der Waals surface area contributed by atoms with Gasteiger partial charge in [0.1, 0.15) is 72.5 Å².